The zero-order valence-corrected chi connectivity index (χ0v) is 11.2. The van der Waals surface area contributed by atoms with Gasteiger partial charge in [-0.2, -0.15) is 0 Å². The third kappa shape index (κ3) is 1.65. The van der Waals surface area contributed by atoms with Crippen molar-refractivity contribution in [3.8, 4) is 10.6 Å². The fourth-order valence-electron chi connectivity index (χ4n) is 2.77. The van der Waals surface area contributed by atoms with Crippen LogP contribution in [0.25, 0.3) is 16.2 Å². The van der Waals surface area contributed by atoms with Crippen molar-refractivity contribution in [1.82, 2.24) is 14.4 Å². The molecule has 0 aromatic carbocycles. The number of nitrogens with zero attached hydrogens (tertiary/aromatic N) is 2. The highest BCUT2D eigenvalue weighted by Gasteiger charge is 2.18. The van der Waals surface area contributed by atoms with E-state index in [0.717, 1.165) is 41.2 Å². The molecule has 1 aliphatic carbocycles. The molecule has 5 heteroatoms. The fourth-order valence-corrected chi connectivity index (χ4v) is 3.45. The number of fused-ring (bicyclic) bond motifs is 3. The Morgan fingerprint density at radius 1 is 1.32 bits per heavy atom. The summed E-state index contributed by atoms with van der Waals surface area (Å²) in [6, 6.07) is 4.04. The van der Waals surface area contributed by atoms with Crippen LogP contribution < -0.4 is 5.69 Å². The number of aryl methyl sites for hydroxylation is 2. The van der Waals surface area contributed by atoms with E-state index in [4.69, 9.17) is 0 Å². The first-order valence-corrected chi connectivity index (χ1v) is 7.38. The van der Waals surface area contributed by atoms with Crippen LogP contribution in [0, 0.1) is 0 Å². The summed E-state index contributed by atoms with van der Waals surface area (Å²) < 4.78 is 1.65. The molecule has 1 N–H and O–H groups in total. The largest absolute Gasteiger partial charge is 0.331 e. The third-order valence-electron chi connectivity index (χ3n) is 3.69. The van der Waals surface area contributed by atoms with Crippen LogP contribution in [-0.2, 0) is 12.8 Å². The monoisotopic (exact) mass is 271 g/mol. The maximum absolute atomic E-state index is 12.1. The van der Waals surface area contributed by atoms with Gasteiger partial charge in [0, 0.05) is 17.5 Å². The molecule has 0 fully saturated rings. The molecular weight excluding hydrogens is 258 g/mol. The van der Waals surface area contributed by atoms with Gasteiger partial charge >= 0.3 is 5.69 Å². The second kappa shape index (κ2) is 4.06. The van der Waals surface area contributed by atoms with Crippen molar-refractivity contribution in [3.05, 3.63) is 45.5 Å². The molecule has 4 nitrogen and oxygen atoms in total. The van der Waals surface area contributed by atoms with Crippen LogP contribution in [-0.4, -0.2) is 14.4 Å². The Morgan fingerprint density at radius 2 is 2.21 bits per heavy atom. The van der Waals surface area contributed by atoms with Gasteiger partial charge in [0.2, 0.25) is 0 Å². The first kappa shape index (κ1) is 11.0. The van der Waals surface area contributed by atoms with E-state index in [-0.39, 0.29) is 5.69 Å². The molecule has 96 valence electrons. The normalized spacial score (nSPS) is 14.7. The van der Waals surface area contributed by atoms with Gasteiger partial charge in [-0.05, 0) is 37.1 Å². The summed E-state index contributed by atoms with van der Waals surface area (Å²) in [5.41, 5.74) is 3.94. The van der Waals surface area contributed by atoms with Crippen LogP contribution in [0.15, 0.2) is 28.5 Å². The lowest BCUT2D eigenvalue weighted by molar-refractivity contribution is 0.659. The number of H-pyrrole nitrogens is 1. The lowest BCUT2D eigenvalue weighted by Crippen LogP contribution is -2.21. The van der Waals surface area contributed by atoms with E-state index in [1.165, 1.54) is 12.0 Å². The molecule has 19 heavy (non-hydrogen) atoms. The van der Waals surface area contributed by atoms with Crippen molar-refractivity contribution >= 4 is 17.0 Å². The first-order chi connectivity index (χ1) is 9.33. The molecule has 3 aromatic heterocycles. The van der Waals surface area contributed by atoms with E-state index < -0.39 is 0 Å². The summed E-state index contributed by atoms with van der Waals surface area (Å²) in [6.45, 7) is 0. The minimum atomic E-state index is -0.0778. The Balaban J connectivity index is 2.02. The Kier molecular flexibility index (Phi) is 2.35. The maximum atomic E-state index is 12.1. The van der Waals surface area contributed by atoms with Crippen molar-refractivity contribution < 1.29 is 0 Å². The zero-order chi connectivity index (χ0) is 12.8. The quantitative estimate of drug-likeness (QED) is 0.739. The van der Waals surface area contributed by atoms with Gasteiger partial charge in [-0.15, -0.1) is 11.3 Å². The summed E-state index contributed by atoms with van der Waals surface area (Å²) in [4.78, 5) is 20.9. The molecule has 0 aliphatic heterocycles. The summed E-state index contributed by atoms with van der Waals surface area (Å²) in [7, 11) is 0. The molecule has 3 aromatic rings. The van der Waals surface area contributed by atoms with E-state index in [1.54, 1.807) is 15.7 Å². The van der Waals surface area contributed by atoms with Crippen LogP contribution in [0.1, 0.15) is 24.1 Å². The zero-order valence-electron chi connectivity index (χ0n) is 10.3. The number of thiophene rings is 1. The van der Waals surface area contributed by atoms with E-state index in [1.807, 2.05) is 23.7 Å². The van der Waals surface area contributed by atoms with Crippen LogP contribution in [0.5, 0.6) is 0 Å². The Labute approximate surface area is 113 Å². The SMILES string of the molecule is O=c1[nH]c2c(c3nc(-c4cccs4)cn13)CCCC2. The Hall–Kier alpha value is -1.88. The minimum Gasteiger partial charge on any atom is -0.311 e. The van der Waals surface area contributed by atoms with Crippen molar-refractivity contribution in [1.29, 1.82) is 0 Å². The predicted octanol–water partition coefficient (Wildman–Crippen LogP) is 2.63. The number of imidazole rings is 1. The molecule has 0 saturated heterocycles. The molecule has 0 bridgehead atoms. The van der Waals surface area contributed by atoms with E-state index in [9.17, 15) is 4.79 Å². The molecule has 0 radical (unpaired) electrons. The van der Waals surface area contributed by atoms with Crippen molar-refractivity contribution in [2.24, 2.45) is 0 Å². The van der Waals surface area contributed by atoms with Gasteiger partial charge in [0.15, 0.2) is 0 Å². The first-order valence-electron chi connectivity index (χ1n) is 6.50. The summed E-state index contributed by atoms with van der Waals surface area (Å²) in [5.74, 6) is 0. The van der Waals surface area contributed by atoms with Crippen molar-refractivity contribution in [2.45, 2.75) is 25.7 Å². The molecule has 0 atom stereocenters. The number of rotatable bonds is 1. The molecule has 1 aliphatic rings. The Bertz CT molecular complexity index is 798. The van der Waals surface area contributed by atoms with E-state index in [2.05, 4.69) is 9.97 Å². The highest BCUT2D eigenvalue weighted by molar-refractivity contribution is 7.13. The predicted molar refractivity (Wildman–Crippen MR) is 75.8 cm³/mol. The summed E-state index contributed by atoms with van der Waals surface area (Å²) in [5, 5.41) is 2.03. The fraction of sp³-hybridized carbons (Fsp3) is 0.286. The Morgan fingerprint density at radius 3 is 3.05 bits per heavy atom. The van der Waals surface area contributed by atoms with Gasteiger partial charge in [-0.3, -0.25) is 4.40 Å². The van der Waals surface area contributed by atoms with Crippen molar-refractivity contribution in [3.63, 3.8) is 0 Å². The van der Waals surface area contributed by atoms with E-state index in [0.29, 0.717) is 0 Å². The summed E-state index contributed by atoms with van der Waals surface area (Å²) in [6.07, 6.45) is 6.14. The molecule has 4 rings (SSSR count). The van der Waals surface area contributed by atoms with Gasteiger partial charge in [-0.25, -0.2) is 9.78 Å². The molecule has 0 spiro atoms. The molecule has 0 amide bonds. The number of nitrogens with one attached hydrogen (secondary N) is 1. The van der Waals surface area contributed by atoms with Gasteiger partial charge in [0.05, 0.1) is 10.6 Å². The number of hydrogen-bond acceptors (Lipinski definition) is 3. The summed E-state index contributed by atoms with van der Waals surface area (Å²) >= 11 is 1.65. The van der Waals surface area contributed by atoms with Crippen molar-refractivity contribution in [2.75, 3.05) is 0 Å². The lowest BCUT2D eigenvalue weighted by Gasteiger charge is -2.15. The molecule has 3 heterocycles. The number of hydrogen-bond donors (Lipinski definition) is 1. The van der Waals surface area contributed by atoms with Crippen LogP contribution in [0.2, 0.25) is 0 Å². The van der Waals surface area contributed by atoms with E-state index >= 15 is 0 Å². The van der Waals surface area contributed by atoms with Gasteiger partial charge in [-0.1, -0.05) is 6.07 Å². The lowest BCUT2D eigenvalue weighted by atomic mass is 9.97. The van der Waals surface area contributed by atoms with Crippen LogP contribution in [0.4, 0.5) is 0 Å². The van der Waals surface area contributed by atoms with Crippen LogP contribution in [0.3, 0.4) is 0 Å². The average Bonchev–Trinajstić information content (AvgIpc) is 3.08. The van der Waals surface area contributed by atoms with Gasteiger partial charge < -0.3 is 4.98 Å². The van der Waals surface area contributed by atoms with Gasteiger partial charge in [0.1, 0.15) is 5.65 Å². The molecule has 0 unspecified atom stereocenters. The third-order valence-corrected chi connectivity index (χ3v) is 4.59. The standard InChI is InChI=1S/C14H13N3OS/c18-14-16-10-5-2-1-4-9(10)13-15-11(8-17(13)14)12-6-3-7-19-12/h3,6-8H,1-2,4-5H2,(H,16,18). The topological polar surface area (TPSA) is 50.2 Å². The minimum absolute atomic E-state index is 0.0778. The van der Waals surface area contributed by atoms with Gasteiger partial charge in [0.25, 0.3) is 0 Å². The highest BCUT2D eigenvalue weighted by atomic mass is 32.1. The number of aromatic amines is 1. The maximum Gasteiger partial charge on any atom is 0.331 e. The molecular formula is C14H13N3OS. The highest BCUT2D eigenvalue weighted by Crippen LogP contribution is 2.27. The smallest absolute Gasteiger partial charge is 0.311 e. The second-order valence-corrected chi connectivity index (χ2v) is 5.84. The molecule has 0 saturated carbocycles. The number of aromatic nitrogens is 3. The average molecular weight is 271 g/mol. The van der Waals surface area contributed by atoms with Crippen LogP contribution >= 0.6 is 11.3 Å². The second-order valence-electron chi connectivity index (χ2n) is 4.89.